The van der Waals surface area contributed by atoms with Crippen molar-refractivity contribution in [3.05, 3.63) is 48.5 Å². The number of nitrogens with zero attached hydrogens (tertiary/aromatic N) is 6. The lowest BCUT2D eigenvalue weighted by Crippen LogP contribution is -2.73. The van der Waals surface area contributed by atoms with Crippen molar-refractivity contribution in [2.24, 2.45) is 0 Å². The summed E-state index contributed by atoms with van der Waals surface area (Å²) in [6.45, 7) is 12.3. The fraction of sp³-hybridized carbons (Fsp3) is 0.594. The molecule has 4 aliphatic rings. The van der Waals surface area contributed by atoms with Crippen molar-refractivity contribution in [1.29, 1.82) is 0 Å². The Kier molecular flexibility index (Phi) is 7.34. The normalized spacial score (nSPS) is 27.4. The molecule has 2 aromatic heterocycles. The molecule has 0 aliphatic carbocycles. The van der Waals surface area contributed by atoms with Crippen molar-refractivity contribution in [1.82, 2.24) is 29.3 Å². The molecule has 13 nitrogen and oxygen atoms in total. The van der Waals surface area contributed by atoms with E-state index in [-0.39, 0.29) is 29.7 Å². The number of benzene rings is 1. The van der Waals surface area contributed by atoms with E-state index in [1.54, 1.807) is 23.4 Å². The van der Waals surface area contributed by atoms with E-state index >= 15 is 0 Å². The van der Waals surface area contributed by atoms with E-state index in [1.807, 2.05) is 57.4 Å². The van der Waals surface area contributed by atoms with Gasteiger partial charge in [-0.3, -0.25) is 14.3 Å². The number of likely N-dealkylation sites (tertiary alicyclic amines) is 2. The van der Waals surface area contributed by atoms with E-state index in [4.69, 9.17) is 18.9 Å². The molecule has 45 heavy (non-hydrogen) atoms. The third kappa shape index (κ3) is 5.66. The van der Waals surface area contributed by atoms with Crippen LogP contribution in [0, 0.1) is 0 Å². The second-order valence-electron chi connectivity index (χ2n) is 14.0. The first kappa shape index (κ1) is 30.0. The number of carbonyl (C=O) groups is 2. The molecule has 240 valence electrons. The van der Waals surface area contributed by atoms with Crippen molar-refractivity contribution in [2.75, 3.05) is 31.5 Å². The van der Waals surface area contributed by atoms with Crippen LogP contribution in [0.25, 0.3) is 11.2 Å². The van der Waals surface area contributed by atoms with Gasteiger partial charge in [0.1, 0.15) is 30.2 Å². The van der Waals surface area contributed by atoms with E-state index in [1.165, 1.54) is 6.33 Å². The number of piperidine rings is 1. The summed E-state index contributed by atoms with van der Waals surface area (Å²) in [5, 5.41) is 2.87. The van der Waals surface area contributed by atoms with E-state index in [9.17, 15) is 9.59 Å². The third-order valence-corrected chi connectivity index (χ3v) is 9.04. The molecule has 4 saturated heterocycles. The van der Waals surface area contributed by atoms with Crippen molar-refractivity contribution in [3.8, 4) is 0 Å². The molecule has 4 aliphatic heterocycles. The highest BCUT2D eigenvalue weighted by Crippen LogP contribution is 2.46. The molecule has 0 saturated carbocycles. The van der Waals surface area contributed by atoms with Gasteiger partial charge in [0.25, 0.3) is 5.91 Å². The molecule has 7 rings (SSSR count). The van der Waals surface area contributed by atoms with Crippen LogP contribution < -0.4 is 5.32 Å². The monoisotopic (exact) mass is 619 g/mol. The zero-order chi connectivity index (χ0) is 31.6. The number of carbonyl (C=O) groups excluding carboxylic acids is 2. The lowest BCUT2D eigenvalue weighted by molar-refractivity contribution is -0.201. The van der Waals surface area contributed by atoms with Gasteiger partial charge in [0.15, 0.2) is 29.0 Å². The van der Waals surface area contributed by atoms with Crippen molar-refractivity contribution in [3.63, 3.8) is 0 Å². The Labute approximate surface area is 262 Å². The minimum Gasteiger partial charge on any atom is -0.444 e. The number of hydrogen-bond acceptors (Lipinski definition) is 10. The number of imidazole rings is 1. The largest absolute Gasteiger partial charge is 0.444 e. The maximum atomic E-state index is 12.9. The molecular weight excluding hydrogens is 578 g/mol. The topological polar surface area (TPSA) is 133 Å². The fourth-order valence-electron chi connectivity index (χ4n) is 7.06. The van der Waals surface area contributed by atoms with Crippen LogP contribution >= 0.6 is 0 Å². The molecule has 6 heterocycles. The molecule has 0 radical (unpaired) electrons. The molecule has 1 N–H and O–H groups in total. The van der Waals surface area contributed by atoms with Crippen molar-refractivity contribution >= 4 is 29.0 Å². The summed E-state index contributed by atoms with van der Waals surface area (Å²) in [4.78, 5) is 43.3. The zero-order valence-electron chi connectivity index (χ0n) is 26.4. The van der Waals surface area contributed by atoms with Crippen LogP contribution in [-0.4, -0.2) is 103 Å². The first-order valence-electron chi connectivity index (χ1n) is 15.7. The quantitative estimate of drug-likeness (QED) is 0.447. The molecule has 4 fully saturated rings. The average Bonchev–Trinajstić information content (AvgIpc) is 3.63. The van der Waals surface area contributed by atoms with Crippen molar-refractivity contribution < 1.29 is 28.5 Å². The van der Waals surface area contributed by atoms with Crippen LogP contribution in [0.5, 0.6) is 0 Å². The molecule has 2 amide bonds. The van der Waals surface area contributed by atoms with Gasteiger partial charge in [-0.2, -0.15) is 0 Å². The van der Waals surface area contributed by atoms with Crippen LogP contribution in [0.3, 0.4) is 0 Å². The fourth-order valence-corrected chi connectivity index (χ4v) is 7.06. The summed E-state index contributed by atoms with van der Waals surface area (Å²) in [6, 6.07) is 8.95. The van der Waals surface area contributed by atoms with Gasteiger partial charge in [0.2, 0.25) is 0 Å². The predicted octanol–water partition coefficient (Wildman–Crippen LogP) is 3.97. The predicted molar refractivity (Wildman–Crippen MR) is 163 cm³/mol. The Morgan fingerprint density at radius 2 is 1.80 bits per heavy atom. The lowest BCUT2D eigenvalue weighted by Gasteiger charge is -2.58. The Morgan fingerprint density at radius 3 is 2.56 bits per heavy atom. The Balaban J connectivity index is 1.11. The summed E-state index contributed by atoms with van der Waals surface area (Å²) in [5.74, 6) is -0.759. The number of aromatic nitrogens is 4. The van der Waals surface area contributed by atoms with E-state index in [2.05, 4.69) is 25.2 Å². The minimum atomic E-state index is -0.792. The molecular formula is C32H41N7O6. The Morgan fingerprint density at radius 1 is 1.04 bits per heavy atom. The van der Waals surface area contributed by atoms with E-state index in [0.717, 1.165) is 25.8 Å². The number of ether oxygens (including phenoxy) is 4. The average molecular weight is 620 g/mol. The summed E-state index contributed by atoms with van der Waals surface area (Å²) < 4.78 is 27.1. The van der Waals surface area contributed by atoms with Crippen molar-refractivity contribution in [2.45, 2.75) is 95.3 Å². The molecule has 0 unspecified atom stereocenters. The smallest absolute Gasteiger partial charge is 0.410 e. The van der Waals surface area contributed by atoms with Crippen LogP contribution in [0.4, 0.5) is 10.6 Å². The standard InChI is InChI=1S/C32H41N7O6/c1-30(2,3)45-29(41)37-16-32(17-37)13-9-10-14-38(32)15-21-23-24(44-31(4,5)43-23)28(42-21)39-19-35-22-25(33-18-34-26(22)39)36-27(40)20-11-7-6-8-12-20/h6-8,11-12,18-19,21,23-24,28H,9-10,13-17H2,1-5H3,(H,33,34,36,40)/t21-,23-,24-,28-/m1/s1. The second-order valence-corrected chi connectivity index (χ2v) is 14.0. The van der Waals surface area contributed by atoms with Gasteiger partial charge >= 0.3 is 6.09 Å². The number of rotatable bonds is 5. The number of nitrogens with one attached hydrogen (secondary N) is 1. The first-order valence-corrected chi connectivity index (χ1v) is 15.7. The van der Waals surface area contributed by atoms with Gasteiger partial charge in [-0.1, -0.05) is 24.6 Å². The van der Waals surface area contributed by atoms with E-state index in [0.29, 0.717) is 42.2 Å². The van der Waals surface area contributed by atoms with Crippen LogP contribution in [0.15, 0.2) is 43.0 Å². The zero-order valence-corrected chi connectivity index (χ0v) is 26.4. The molecule has 4 atom stereocenters. The summed E-state index contributed by atoms with van der Waals surface area (Å²) >= 11 is 0. The third-order valence-electron chi connectivity index (χ3n) is 9.04. The van der Waals surface area contributed by atoms with Crippen LogP contribution in [0.2, 0.25) is 0 Å². The van der Waals surface area contributed by atoms with Crippen LogP contribution in [-0.2, 0) is 18.9 Å². The van der Waals surface area contributed by atoms with Gasteiger partial charge in [-0.05, 0) is 66.1 Å². The SMILES string of the molecule is CC(C)(C)OC(=O)N1CC2(CCCCN2C[C@H]2O[C@@H](n3cnc4c(NC(=O)c5ccccc5)ncnc43)[C@@H]3OC(C)(C)O[C@@H]32)C1. The number of anilines is 1. The Bertz CT molecular complexity index is 1580. The van der Waals surface area contributed by atoms with Gasteiger partial charge < -0.3 is 29.2 Å². The second kappa shape index (κ2) is 11.0. The number of hydrogen-bond donors (Lipinski definition) is 1. The maximum absolute atomic E-state index is 12.9. The van der Waals surface area contributed by atoms with Gasteiger partial charge in [-0.25, -0.2) is 19.7 Å². The minimum absolute atomic E-state index is 0.109. The summed E-state index contributed by atoms with van der Waals surface area (Å²) in [6.07, 6.45) is 4.45. The lowest BCUT2D eigenvalue weighted by atomic mass is 9.79. The first-order chi connectivity index (χ1) is 21.4. The Hall–Kier alpha value is -3.65. The number of amides is 2. The molecule has 1 aromatic carbocycles. The highest BCUT2D eigenvalue weighted by Gasteiger charge is 2.58. The number of fused-ring (bicyclic) bond motifs is 2. The van der Waals surface area contributed by atoms with E-state index < -0.39 is 23.7 Å². The molecule has 1 spiro atoms. The summed E-state index contributed by atoms with van der Waals surface area (Å²) in [5.41, 5.74) is 0.852. The van der Waals surface area contributed by atoms with Gasteiger partial charge in [0, 0.05) is 25.2 Å². The maximum Gasteiger partial charge on any atom is 0.410 e. The van der Waals surface area contributed by atoms with Gasteiger partial charge in [-0.15, -0.1) is 0 Å². The molecule has 13 heteroatoms. The summed E-state index contributed by atoms with van der Waals surface area (Å²) in [7, 11) is 0. The van der Waals surface area contributed by atoms with Gasteiger partial charge in [0.05, 0.1) is 11.9 Å². The molecule has 3 aromatic rings. The van der Waals surface area contributed by atoms with Crippen LogP contribution in [0.1, 0.15) is 70.5 Å². The molecule has 0 bridgehead atoms. The highest BCUT2D eigenvalue weighted by atomic mass is 16.8. The highest BCUT2D eigenvalue weighted by molar-refractivity contribution is 6.06.